The summed E-state index contributed by atoms with van der Waals surface area (Å²) in [4.78, 5) is 34.7. The van der Waals surface area contributed by atoms with E-state index >= 15 is 0 Å². The van der Waals surface area contributed by atoms with Crippen molar-refractivity contribution in [1.82, 2.24) is 19.9 Å². The molecule has 0 saturated heterocycles. The number of aliphatic carboxylic acids is 2. The number of benzene rings is 1. The highest BCUT2D eigenvalue weighted by Gasteiger charge is 2.39. The van der Waals surface area contributed by atoms with E-state index < -0.39 is 24.3 Å². The Morgan fingerprint density at radius 3 is 2.02 bits per heavy atom. The number of carboxylic acid groups (broad SMARTS) is 2. The van der Waals surface area contributed by atoms with Crippen LogP contribution in [0, 0.1) is 0 Å². The molecule has 10 nitrogen and oxygen atoms in total. The van der Waals surface area contributed by atoms with Crippen LogP contribution in [-0.2, 0) is 9.59 Å². The van der Waals surface area contributed by atoms with Crippen molar-refractivity contribution in [2.45, 2.75) is 12.4 Å². The summed E-state index contributed by atoms with van der Waals surface area (Å²) >= 11 is 13.0. The molecule has 222 valence electrons. The smallest absolute Gasteiger partial charge is 0.490 e. The summed E-state index contributed by atoms with van der Waals surface area (Å²) in [6.45, 7) is 0. The largest absolute Gasteiger partial charge is 0.497 e. The first-order valence-corrected chi connectivity index (χ1v) is 11.7. The molecule has 0 atom stereocenters. The van der Waals surface area contributed by atoms with Crippen LogP contribution in [0.15, 0.2) is 48.9 Å². The summed E-state index contributed by atoms with van der Waals surface area (Å²) < 4.78 is 68.7. The van der Waals surface area contributed by atoms with Crippen molar-refractivity contribution >= 4 is 46.6 Å². The normalized spacial score (nSPS) is 11.5. The third-order valence-electron chi connectivity index (χ3n) is 5.08. The molecule has 1 aromatic carbocycles. The Balaban J connectivity index is 0.000000289. The standard InChI is InChI=1S/C20H13Cl2N5O.2C2HF3O2/c1-28-10-7-13(21)16(14(22)8-10)20-26-17-11-4-6-23-9-15(11)25-19-12(18(17)27-20)3-2-5-24-19;2*3-2(4,5)1(6)7/h2-9H,1H3,(H,24,25)(H,26,27);2*(H,6,7). The predicted octanol–water partition coefficient (Wildman–Crippen LogP) is 6.84. The number of hydrogen-bond donors (Lipinski definition) is 4. The first kappa shape index (κ1) is 32.0. The van der Waals surface area contributed by atoms with Gasteiger partial charge >= 0.3 is 24.3 Å². The maximum Gasteiger partial charge on any atom is 0.490 e. The number of imidazole rings is 1. The van der Waals surface area contributed by atoms with Crippen molar-refractivity contribution in [2.75, 3.05) is 12.4 Å². The van der Waals surface area contributed by atoms with Crippen LogP contribution in [-0.4, -0.2) is 61.5 Å². The number of H-pyrrole nitrogens is 1. The molecule has 0 saturated carbocycles. The summed E-state index contributed by atoms with van der Waals surface area (Å²) in [6.07, 6.45) is -4.93. The second-order valence-electron chi connectivity index (χ2n) is 7.83. The minimum absolute atomic E-state index is 0.452. The fourth-order valence-electron chi connectivity index (χ4n) is 3.31. The quantitative estimate of drug-likeness (QED) is 0.152. The Bertz CT molecular complexity index is 1520. The second kappa shape index (κ2) is 12.5. The van der Waals surface area contributed by atoms with Crippen molar-refractivity contribution in [3.05, 3.63) is 59.0 Å². The molecule has 0 amide bonds. The molecule has 0 bridgehead atoms. The number of nitrogens with one attached hydrogen (secondary N) is 2. The molecule has 0 aliphatic carbocycles. The number of aromatic nitrogens is 4. The van der Waals surface area contributed by atoms with Crippen LogP contribution in [0.3, 0.4) is 0 Å². The summed E-state index contributed by atoms with van der Waals surface area (Å²) in [7, 11) is 1.57. The topological polar surface area (TPSA) is 150 Å². The van der Waals surface area contributed by atoms with Gasteiger partial charge in [0, 0.05) is 23.5 Å². The van der Waals surface area contributed by atoms with E-state index in [0.717, 1.165) is 28.2 Å². The van der Waals surface area contributed by atoms with Gasteiger partial charge in [-0.15, -0.1) is 0 Å². The SMILES string of the molecule is COc1cc(Cl)c(-c2nc3c([nH]2)-c2ccncc2Nc2ncccc2-3)c(Cl)c1.O=C(O)C(F)(F)F.O=C(O)C(F)(F)F. The van der Waals surface area contributed by atoms with Gasteiger partial charge in [0.1, 0.15) is 23.1 Å². The van der Waals surface area contributed by atoms with E-state index in [1.807, 2.05) is 18.2 Å². The molecule has 0 spiro atoms. The Labute approximate surface area is 240 Å². The molecule has 4 heterocycles. The van der Waals surface area contributed by atoms with Crippen LogP contribution >= 0.6 is 23.2 Å². The number of aromatic amines is 1. The number of methoxy groups -OCH3 is 1. The molecule has 0 radical (unpaired) electrons. The van der Waals surface area contributed by atoms with Gasteiger partial charge in [-0.2, -0.15) is 26.3 Å². The number of hydrogen-bond acceptors (Lipinski definition) is 7. The van der Waals surface area contributed by atoms with E-state index in [9.17, 15) is 26.3 Å². The monoisotopic (exact) mass is 637 g/mol. The summed E-state index contributed by atoms with van der Waals surface area (Å²) in [5.74, 6) is -3.65. The minimum Gasteiger partial charge on any atom is -0.497 e. The van der Waals surface area contributed by atoms with E-state index in [0.29, 0.717) is 33.0 Å². The molecular weight excluding hydrogens is 623 g/mol. The lowest BCUT2D eigenvalue weighted by molar-refractivity contribution is -0.193. The maximum absolute atomic E-state index is 10.6. The van der Waals surface area contributed by atoms with E-state index in [1.54, 1.807) is 37.8 Å². The molecule has 0 unspecified atom stereocenters. The second-order valence-corrected chi connectivity index (χ2v) is 8.64. The lowest BCUT2D eigenvalue weighted by atomic mass is 10.1. The number of rotatable bonds is 2. The van der Waals surface area contributed by atoms with Gasteiger partial charge in [-0.3, -0.25) is 4.98 Å². The van der Waals surface area contributed by atoms with Gasteiger partial charge in [0.15, 0.2) is 0 Å². The van der Waals surface area contributed by atoms with Crippen molar-refractivity contribution in [2.24, 2.45) is 0 Å². The molecule has 0 fully saturated rings. The number of carbonyl (C=O) groups is 2. The highest BCUT2D eigenvalue weighted by atomic mass is 35.5. The molecule has 4 aromatic rings. The Morgan fingerprint density at radius 1 is 0.929 bits per heavy atom. The lowest BCUT2D eigenvalue weighted by Gasteiger charge is -2.09. The molecular formula is C24H15Cl2F6N5O5. The van der Waals surface area contributed by atoms with Gasteiger partial charge in [0.2, 0.25) is 0 Å². The number of alkyl halides is 6. The first-order valence-electron chi connectivity index (χ1n) is 10.9. The fourth-order valence-corrected chi connectivity index (χ4v) is 3.96. The molecule has 18 heteroatoms. The van der Waals surface area contributed by atoms with Crippen molar-refractivity contribution < 1.29 is 50.9 Å². The predicted molar refractivity (Wildman–Crippen MR) is 138 cm³/mol. The van der Waals surface area contributed by atoms with Crippen LogP contribution < -0.4 is 10.1 Å². The average molecular weight is 638 g/mol. The van der Waals surface area contributed by atoms with E-state index in [-0.39, 0.29) is 0 Å². The molecule has 1 aliphatic rings. The minimum atomic E-state index is -5.08. The number of fused-ring (bicyclic) bond motifs is 5. The van der Waals surface area contributed by atoms with Crippen molar-refractivity contribution in [1.29, 1.82) is 0 Å². The Kier molecular flexibility index (Phi) is 9.53. The van der Waals surface area contributed by atoms with Crippen LogP contribution in [0.1, 0.15) is 0 Å². The zero-order valence-corrected chi connectivity index (χ0v) is 22.1. The zero-order chi connectivity index (χ0) is 31.4. The summed E-state index contributed by atoms with van der Waals surface area (Å²) in [5, 5.41) is 18.5. The fraction of sp³-hybridized carbons (Fsp3) is 0.125. The van der Waals surface area contributed by atoms with E-state index in [4.69, 9.17) is 52.7 Å². The van der Waals surface area contributed by atoms with Gasteiger partial charge < -0.3 is 25.3 Å². The van der Waals surface area contributed by atoms with Gasteiger partial charge in [0.25, 0.3) is 0 Å². The molecule has 5 rings (SSSR count). The average Bonchev–Trinajstić information content (AvgIpc) is 3.27. The van der Waals surface area contributed by atoms with Crippen molar-refractivity contribution in [3.63, 3.8) is 0 Å². The van der Waals surface area contributed by atoms with Crippen LogP contribution in [0.2, 0.25) is 10.0 Å². The first-order chi connectivity index (χ1) is 19.5. The number of ether oxygens (including phenoxy) is 1. The van der Waals surface area contributed by atoms with Gasteiger partial charge in [-0.1, -0.05) is 23.2 Å². The number of pyridine rings is 2. The van der Waals surface area contributed by atoms with E-state index in [1.165, 1.54) is 0 Å². The van der Waals surface area contributed by atoms with Crippen molar-refractivity contribution in [3.8, 4) is 39.7 Å². The molecule has 42 heavy (non-hydrogen) atoms. The van der Waals surface area contributed by atoms with Gasteiger partial charge in [0.05, 0.1) is 40.3 Å². The molecule has 1 aliphatic heterocycles. The number of nitrogens with zero attached hydrogens (tertiary/aromatic N) is 3. The van der Waals surface area contributed by atoms with Crippen LogP contribution in [0.4, 0.5) is 37.8 Å². The number of anilines is 2. The van der Waals surface area contributed by atoms with Gasteiger partial charge in [-0.05, 0) is 30.3 Å². The third kappa shape index (κ3) is 7.38. The number of halogens is 8. The Hall–Kier alpha value is -4.57. The van der Waals surface area contributed by atoms with E-state index in [2.05, 4.69) is 20.3 Å². The Morgan fingerprint density at radius 2 is 1.50 bits per heavy atom. The molecule has 4 N–H and O–H groups in total. The molecule has 3 aromatic heterocycles. The van der Waals surface area contributed by atoms with Gasteiger partial charge in [-0.25, -0.2) is 19.6 Å². The zero-order valence-electron chi connectivity index (χ0n) is 20.6. The van der Waals surface area contributed by atoms with Crippen LogP contribution in [0.25, 0.3) is 33.9 Å². The summed E-state index contributed by atoms with van der Waals surface area (Å²) in [6, 6.07) is 9.19. The van der Waals surface area contributed by atoms with Crippen LogP contribution in [0.5, 0.6) is 5.75 Å². The lowest BCUT2D eigenvalue weighted by Crippen LogP contribution is -2.21. The number of carboxylic acids is 2. The highest BCUT2D eigenvalue weighted by molar-refractivity contribution is 6.39. The maximum atomic E-state index is 10.6. The summed E-state index contributed by atoms with van der Waals surface area (Å²) in [5.41, 5.74) is 4.86. The third-order valence-corrected chi connectivity index (χ3v) is 5.68. The highest BCUT2D eigenvalue weighted by Crippen LogP contribution is 2.45.